The van der Waals surface area contributed by atoms with Crippen molar-refractivity contribution in [3.63, 3.8) is 0 Å². The van der Waals surface area contributed by atoms with Crippen LogP contribution in [0.2, 0.25) is 0 Å². The van der Waals surface area contributed by atoms with Gasteiger partial charge < -0.3 is 49.3 Å². The number of carboxylic acids is 1. The molecule has 0 aliphatic rings. The summed E-state index contributed by atoms with van der Waals surface area (Å²) in [6, 6.07) is -5.82. The van der Waals surface area contributed by atoms with Crippen molar-refractivity contribution >= 4 is 54.1 Å². The fourth-order valence-corrected chi connectivity index (χ4v) is 3.87. The first-order chi connectivity index (χ1) is 19.5. The molecule has 0 aliphatic carbocycles. The molecule has 0 radical (unpaired) electrons. The lowest BCUT2D eigenvalue weighted by Crippen LogP contribution is -2.60. The van der Waals surface area contributed by atoms with Crippen LogP contribution in [0.4, 0.5) is 0 Å². The fraction of sp³-hybridized carbons (Fsp3) is 0.720. The number of guanidine groups is 1. The molecular weight excluding hydrogens is 570 g/mol. The van der Waals surface area contributed by atoms with Gasteiger partial charge in [0, 0.05) is 18.7 Å². The van der Waals surface area contributed by atoms with Crippen molar-refractivity contribution in [2.24, 2.45) is 39.8 Å². The molecule has 0 heterocycles. The number of hydrogen-bond acceptors (Lipinski definition) is 9. The Kier molecular flexibility index (Phi) is 17.8. The van der Waals surface area contributed by atoms with Crippen LogP contribution in [-0.2, 0) is 28.8 Å². The third kappa shape index (κ3) is 14.3. The van der Waals surface area contributed by atoms with Crippen LogP contribution in [0.25, 0.3) is 0 Å². The maximum absolute atomic E-state index is 13.2. The Balaban J connectivity index is 5.64. The summed E-state index contributed by atoms with van der Waals surface area (Å²) in [6.07, 6.45) is 0.426. The number of nitrogens with two attached hydrogens (primary N) is 4. The molecule has 0 aromatic rings. The number of rotatable bonds is 20. The molecule has 0 rings (SSSR count). The summed E-state index contributed by atoms with van der Waals surface area (Å²) in [6.45, 7) is 7.21. The van der Waals surface area contributed by atoms with Crippen molar-refractivity contribution in [3.05, 3.63) is 0 Å². The number of carboxylic acid groups (broad SMARTS) is 1. The van der Waals surface area contributed by atoms with E-state index in [0.717, 1.165) is 0 Å². The van der Waals surface area contributed by atoms with E-state index in [1.165, 1.54) is 0 Å². The average Bonchev–Trinajstić information content (AvgIpc) is 2.91. The number of hydrogen-bond donors (Lipinski definition) is 10. The molecule has 6 atom stereocenters. The third-order valence-corrected chi connectivity index (χ3v) is 6.86. The van der Waals surface area contributed by atoms with Gasteiger partial charge in [-0.15, -0.1) is 0 Å². The summed E-state index contributed by atoms with van der Waals surface area (Å²) in [5.74, 6) is -5.87. The monoisotopic (exact) mass is 617 g/mol. The Bertz CT molecular complexity index is 976. The molecule has 0 aromatic heterocycles. The first-order valence-corrected chi connectivity index (χ1v) is 14.3. The normalized spacial score (nSPS) is 15.2. The molecule has 240 valence electrons. The van der Waals surface area contributed by atoms with E-state index in [9.17, 15) is 33.9 Å². The van der Waals surface area contributed by atoms with Crippen molar-refractivity contribution in [2.45, 2.75) is 90.0 Å². The molecule has 0 aromatic carbocycles. The largest absolute Gasteiger partial charge is 0.480 e. The predicted molar refractivity (Wildman–Crippen MR) is 160 cm³/mol. The van der Waals surface area contributed by atoms with E-state index in [0.29, 0.717) is 6.42 Å². The Morgan fingerprint density at radius 2 is 1.36 bits per heavy atom. The van der Waals surface area contributed by atoms with E-state index < -0.39 is 71.6 Å². The van der Waals surface area contributed by atoms with Crippen molar-refractivity contribution in [1.82, 2.24) is 21.3 Å². The summed E-state index contributed by atoms with van der Waals surface area (Å²) < 4.78 is 0. The highest BCUT2D eigenvalue weighted by Gasteiger charge is 2.33. The quantitative estimate of drug-likeness (QED) is 0.0291. The standard InChI is InChI=1S/C25H47N9O7S/c1-5-13(4)18(27)22(38)34-19(12(2)3)23(39)31-14(8-9-17(26)35)20(36)33-16(11-42)21(37)32-15(24(40)41)7-6-10-30-25(28)29/h12-16,18-19,42H,5-11,27H2,1-4H3,(H2,26,35)(H,31,39)(H,32,37)(H,33,36)(H,34,38)(H,40,41)(H4,28,29,30)/t13-,14-,15-,16-,18-,19-/m0/s1. The molecule has 0 spiro atoms. The molecule has 16 nitrogen and oxygen atoms in total. The van der Waals surface area contributed by atoms with E-state index in [1.54, 1.807) is 20.8 Å². The van der Waals surface area contributed by atoms with Gasteiger partial charge in [-0.2, -0.15) is 12.6 Å². The number of primary amides is 1. The number of aliphatic carboxylic acids is 1. The molecule has 13 N–H and O–H groups in total. The van der Waals surface area contributed by atoms with Crippen LogP contribution in [0, 0.1) is 11.8 Å². The van der Waals surface area contributed by atoms with E-state index in [2.05, 4.69) is 38.9 Å². The number of nitrogens with one attached hydrogen (secondary N) is 4. The van der Waals surface area contributed by atoms with Gasteiger partial charge in [-0.05, 0) is 31.1 Å². The predicted octanol–water partition coefficient (Wildman–Crippen LogP) is -2.71. The Hall–Kier alpha value is -3.60. The molecule has 42 heavy (non-hydrogen) atoms. The summed E-state index contributed by atoms with van der Waals surface area (Å²) in [5.41, 5.74) is 21.7. The maximum Gasteiger partial charge on any atom is 0.326 e. The van der Waals surface area contributed by atoms with Crippen LogP contribution in [0.3, 0.4) is 0 Å². The van der Waals surface area contributed by atoms with Gasteiger partial charge in [-0.3, -0.25) is 29.0 Å². The summed E-state index contributed by atoms with van der Waals surface area (Å²) in [5, 5.41) is 19.4. The van der Waals surface area contributed by atoms with Crippen molar-refractivity contribution < 1.29 is 33.9 Å². The maximum atomic E-state index is 13.2. The Morgan fingerprint density at radius 1 is 0.810 bits per heavy atom. The van der Waals surface area contributed by atoms with Gasteiger partial charge in [0.05, 0.1) is 6.04 Å². The first-order valence-electron chi connectivity index (χ1n) is 13.7. The topological polar surface area (TPSA) is 287 Å². The van der Waals surface area contributed by atoms with Crippen LogP contribution in [0.5, 0.6) is 0 Å². The second kappa shape index (κ2) is 19.5. The SMILES string of the molecule is CC[C@H](C)[C@H](N)C(=O)N[C@H](C(=O)N[C@@H](CCC(N)=O)C(=O)N[C@@H](CS)C(=O)N[C@@H](CCCN=C(N)N)C(=O)O)C(C)C. The molecular formula is C25H47N9O7S. The second-order valence-electron chi connectivity index (χ2n) is 10.3. The highest BCUT2D eigenvalue weighted by molar-refractivity contribution is 7.80. The lowest BCUT2D eigenvalue weighted by molar-refractivity contribution is -0.142. The highest BCUT2D eigenvalue weighted by Crippen LogP contribution is 2.09. The average molecular weight is 618 g/mol. The number of thiol groups is 1. The smallest absolute Gasteiger partial charge is 0.326 e. The van der Waals surface area contributed by atoms with Gasteiger partial charge in [-0.25, -0.2) is 4.79 Å². The van der Waals surface area contributed by atoms with Gasteiger partial charge in [0.25, 0.3) is 0 Å². The first kappa shape index (κ1) is 38.4. The number of aliphatic imine (C=N–C) groups is 1. The van der Waals surface area contributed by atoms with Crippen molar-refractivity contribution in [3.8, 4) is 0 Å². The number of nitrogens with zero attached hydrogens (tertiary/aromatic N) is 1. The lowest BCUT2D eigenvalue weighted by Gasteiger charge is -2.28. The minimum Gasteiger partial charge on any atom is -0.480 e. The van der Waals surface area contributed by atoms with Crippen LogP contribution >= 0.6 is 12.6 Å². The number of amides is 5. The summed E-state index contributed by atoms with van der Waals surface area (Å²) >= 11 is 4.09. The van der Waals surface area contributed by atoms with Crippen molar-refractivity contribution in [1.29, 1.82) is 0 Å². The van der Waals surface area contributed by atoms with Gasteiger partial charge in [0.15, 0.2) is 5.96 Å². The second-order valence-corrected chi connectivity index (χ2v) is 10.7. The van der Waals surface area contributed by atoms with Crippen molar-refractivity contribution in [2.75, 3.05) is 12.3 Å². The minimum absolute atomic E-state index is 0.00534. The van der Waals surface area contributed by atoms with Gasteiger partial charge in [-0.1, -0.05) is 34.1 Å². The Labute approximate surface area is 251 Å². The Morgan fingerprint density at radius 3 is 1.83 bits per heavy atom. The van der Waals surface area contributed by atoms with Gasteiger partial charge in [0.1, 0.15) is 24.2 Å². The zero-order valence-electron chi connectivity index (χ0n) is 24.6. The van der Waals surface area contributed by atoms with Gasteiger partial charge in [0.2, 0.25) is 29.5 Å². The van der Waals surface area contributed by atoms with Crippen LogP contribution in [0.1, 0.15) is 59.8 Å². The summed E-state index contributed by atoms with van der Waals surface area (Å²) in [7, 11) is 0. The van der Waals surface area contributed by atoms with Crippen LogP contribution < -0.4 is 44.2 Å². The lowest BCUT2D eigenvalue weighted by atomic mass is 9.97. The highest BCUT2D eigenvalue weighted by atomic mass is 32.1. The van der Waals surface area contributed by atoms with E-state index in [4.69, 9.17) is 22.9 Å². The third-order valence-electron chi connectivity index (χ3n) is 6.49. The van der Waals surface area contributed by atoms with Gasteiger partial charge >= 0.3 is 5.97 Å². The molecule has 17 heteroatoms. The zero-order valence-corrected chi connectivity index (χ0v) is 25.5. The molecule has 0 saturated heterocycles. The molecule has 0 unspecified atom stereocenters. The zero-order chi connectivity index (χ0) is 32.6. The minimum atomic E-state index is -1.32. The molecule has 0 aliphatic heterocycles. The molecule has 0 saturated carbocycles. The van der Waals surface area contributed by atoms with E-state index in [1.807, 2.05) is 6.92 Å². The fourth-order valence-electron chi connectivity index (χ4n) is 3.61. The summed E-state index contributed by atoms with van der Waals surface area (Å²) in [4.78, 5) is 78.6. The number of carbonyl (C=O) groups is 6. The number of carbonyl (C=O) groups excluding carboxylic acids is 5. The molecule has 5 amide bonds. The van der Waals surface area contributed by atoms with Crippen LogP contribution in [0.15, 0.2) is 4.99 Å². The van der Waals surface area contributed by atoms with E-state index >= 15 is 0 Å². The molecule has 0 fully saturated rings. The van der Waals surface area contributed by atoms with E-state index in [-0.39, 0.29) is 49.9 Å². The van der Waals surface area contributed by atoms with Crippen LogP contribution in [-0.4, -0.2) is 89.1 Å². The molecule has 0 bridgehead atoms.